The molecule has 1 aromatic carbocycles. The fourth-order valence-corrected chi connectivity index (χ4v) is 4.11. The third kappa shape index (κ3) is 3.49. The van der Waals surface area contributed by atoms with Crippen LogP contribution in [-0.2, 0) is 16.1 Å². The molecule has 140 valence electrons. The van der Waals surface area contributed by atoms with Gasteiger partial charge in [-0.15, -0.1) is 0 Å². The van der Waals surface area contributed by atoms with Crippen LogP contribution >= 0.6 is 15.9 Å². The molecule has 1 aromatic rings. The van der Waals surface area contributed by atoms with Crippen LogP contribution in [0.2, 0.25) is 0 Å². The van der Waals surface area contributed by atoms with Crippen molar-refractivity contribution >= 4 is 33.8 Å². The number of amides is 4. The van der Waals surface area contributed by atoms with Crippen LogP contribution in [0.25, 0.3) is 0 Å². The summed E-state index contributed by atoms with van der Waals surface area (Å²) >= 11 is 3.38. The molecule has 2 fully saturated rings. The molecule has 3 rings (SSSR count). The molecule has 1 saturated heterocycles. The maximum Gasteiger partial charge on any atom is 0.325 e. The van der Waals surface area contributed by atoms with Crippen molar-refractivity contribution in [2.45, 2.75) is 44.7 Å². The molecule has 1 spiro atoms. The quantitative estimate of drug-likeness (QED) is 0.759. The number of nitrogens with zero attached hydrogens (tertiary/aromatic N) is 2. The van der Waals surface area contributed by atoms with Crippen LogP contribution < -0.4 is 5.32 Å². The number of likely N-dealkylation sites (N-methyl/N-ethyl adjacent to an activating group) is 1. The summed E-state index contributed by atoms with van der Waals surface area (Å²) in [4.78, 5) is 40.5. The fourth-order valence-electron chi connectivity index (χ4n) is 3.85. The Morgan fingerprint density at radius 3 is 2.65 bits per heavy atom. The molecule has 6 nitrogen and oxygen atoms in total. The molecule has 1 aliphatic heterocycles. The van der Waals surface area contributed by atoms with Crippen molar-refractivity contribution < 1.29 is 14.4 Å². The Balaban J connectivity index is 1.66. The molecule has 0 radical (unpaired) electrons. The van der Waals surface area contributed by atoms with Crippen molar-refractivity contribution in [3.8, 4) is 0 Å². The molecule has 4 amide bonds. The molecule has 1 aliphatic carbocycles. The molecular weight excluding hydrogens is 398 g/mol. The van der Waals surface area contributed by atoms with Crippen molar-refractivity contribution in [3.63, 3.8) is 0 Å². The van der Waals surface area contributed by atoms with Crippen LogP contribution in [-0.4, -0.2) is 46.8 Å². The molecule has 26 heavy (non-hydrogen) atoms. The number of hydrogen-bond acceptors (Lipinski definition) is 3. The maximum atomic E-state index is 12.9. The second-order valence-corrected chi connectivity index (χ2v) is 8.23. The standard InChI is InChI=1S/C19H24BrN3O3/c1-13-5-3-4-10-19(13)17(25)23(18(26)21-19)12-16(24)22(2)11-14-6-8-15(20)9-7-14/h6-9,13H,3-5,10-12H2,1-2H3,(H,21,26). The molecule has 2 atom stereocenters. The van der Waals surface area contributed by atoms with Crippen molar-refractivity contribution in [2.75, 3.05) is 13.6 Å². The van der Waals surface area contributed by atoms with E-state index in [0.717, 1.165) is 34.2 Å². The van der Waals surface area contributed by atoms with Gasteiger partial charge >= 0.3 is 6.03 Å². The normalized spacial score (nSPS) is 25.5. The van der Waals surface area contributed by atoms with Gasteiger partial charge in [-0.3, -0.25) is 14.5 Å². The number of halogens is 1. The first kappa shape index (κ1) is 18.9. The lowest BCUT2D eigenvalue weighted by Gasteiger charge is -2.36. The first-order chi connectivity index (χ1) is 12.3. The molecular formula is C19H24BrN3O3. The van der Waals surface area contributed by atoms with Gasteiger partial charge in [-0.1, -0.05) is 47.8 Å². The molecule has 2 unspecified atom stereocenters. The molecule has 1 saturated carbocycles. The number of carbonyl (C=O) groups is 3. The highest BCUT2D eigenvalue weighted by Crippen LogP contribution is 2.38. The second kappa shape index (κ2) is 7.39. The highest BCUT2D eigenvalue weighted by Gasteiger charge is 2.55. The number of rotatable bonds is 4. The zero-order valence-electron chi connectivity index (χ0n) is 15.1. The Labute approximate surface area is 162 Å². The van der Waals surface area contributed by atoms with Gasteiger partial charge in [-0.25, -0.2) is 4.79 Å². The summed E-state index contributed by atoms with van der Waals surface area (Å²) in [5.74, 6) is -0.412. The Bertz CT molecular complexity index is 721. The number of hydrogen-bond donors (Lipinski definition) is 1. The van der Waals surface area contributed by atoms with Crippen molar-refractivity contribution in [2.24, 2.45) is 5.92 Å². The van der Waals surface area contributed by atoms with Gasteiger partial charge in [-0.2, -0.15) is 0 Å². The monoisotopic (exact) mass is 421 g/mol. The van der Waals surface area contributed by atoms with E-state index in [0.29, 0.717) is 13.0 Å². The smallest absolute Gasteiger partial charge is 0.325 e. The summed E-state index contributed by atoms with van der Waals surface area (Å²) in [6, 6.07) is 7.24. The van der Waals surface area contributed by atoms with Gasteiger partial charge in [0, 0.05) is 18.1 Å². The number of benzene rings is 1. The van der Waals surface area contributed by atoms with Gasteiger partial charge in [0.05, 0.1) is 0 Å². The summed E-state index contributed by atoms with van der Waals surface area (Å²) in [7, 11) is 1.68. The topological polar surface area (TPSA) is 69.7 Å². The van der Waals surface area contributed by atoms with Crippen LogP contribution in [0.4, 0.5) is 4.79 Å². The van der Waals surface area contributed by atoms with E-state index in [4.69, 9.17) is 0 Å². The van der Waals surface area contributed by atoms with Gasteiger partial charge in [-0.05, 0) is 36.5 Å². The molecule has 7 heteroatoms. The SMILES string of the molecule is CC1CCCCC12NC(=O)N(CC(=O)N(C)Cc1ccc(Br)cc1)C2=O. The van der Waals surface area contributed by atoms with Crippen LogP contribution in [0.1, 0.15) is 38.2 Å². The van der Waals surface area contributed by atoms with E-state index in [2.05, 4.69) is 21.2 Å². The maximum absolute atomic E-state index is 12.9. The van der Waals surface area contributed by atoms with E-state index in [1.807, 2.05) is 31.2 Å². The number of urea groups is 1. The van der Waals surface area contributed by atoms with E-state index >= 15 is 0 Å². The largest absolute Gasteiger partial charge is 0.340 e. The van der Waals surface area contributed by atoms with Crippen LogP contribution in [0.5, 0.6) is 0 Å². The molecule has 1 N–H and O–H groups in total. The van der Waals surface area contributed by atoms with Crippen LogP contribution in [0.3, 0.4) is 0 Å². The van der Waals surface area contributed by atoms with Gasteiger partial charge < -0.3 is 10.2 Å². The minimum atomic E-state index is -0.820. The van der Waals surface area contributed by atoms with Crippen molar-refractivity contribution in [1.82, 2.24) is 15.1 Å². The van der Waals surface area contributed by atoms with Gasteiger partial charge in [0.2, 0.25) is 5.91 Å². The summed E-state index contributed by atoms with van der Waals surface area (Å²) in [6.45, 7) is 2.21. The molecule has 0 aromatic heterocycles. The number of nitrogens with one attached hydrogen (secondary N) is 1. The summed E-state index contributed by atoms with van der Waals surface area (Å²) in [5.41, 5.74) is 0.165. The molecule has 1 heterocycles. The zero-order valence-corrected chi connectivity index (χ0v) is 16.7. The first-order valence-corrected chi connectivity index (χ1v) is 9.75. The summed E-state index contributed by atoms with van der Waals surface area (Å²) in [6.07, 6.45) is 3.55. The number of imide groups is 1. The van der Waals surface area contributed by atoms with E-state index in [1.165, 1.54) is 0 Å². The second-order valence-electron chi connectivity index (χ2n) is 7.32. The Morgan fingerprint density at radius 1 is 1.31 bits per heavy atom. The first-order valence-electron chi connectivity index (χ1n) is 8.96. The minimum Gasteiger partial charge on any atom is -0.340 e. The Hall–Kier alpha value is -1.89. The summed E-state index contributed by atoms with van der Waals surface area (Å²) < 4.78 is 0.974. The fraction of sp³-hybridized carbons (Fsp3) is 0.526. The van der Waals surface area contributed by atoms with E-state index < -0.39 is 11.6 Å². The lowest BCUT2D eigenvalue weighted by atomic mass is 9.73. The van der Waals surface area contributed by atoms with Crippen molar-refractivity contribution in [3.05, 3.63) is 34.3 Å². The van der Waals surface area contributed by atoms with Gasteiger partial charge in [0.1, 0.15) is 12.1 Å². The summed E-state index contributed by atoms with van der Waals surface area (Å²) in [5, 5.41) is 2.88. The minimum absolute atomic E-state index is 0.0910. The van der Waals surface area contributed by atoms with E-state index in [9.17, 15) is 14.4 Å². The lowest BCUT2D eigenvalue weighted by molar-refractivity contribution is -0.140. The molecule has 2 aliphatic rings. The van der Waals surface area contributed by atoms with E-state index in [1.54, 1.807) is 11.9 Å². The molecule has 0 bridgehead atoms. The highest BCUT2D eigenvalue weighted by molar-refractivity contribution is 9.10. The average molecular weight is 422 g/mol. The zero-order chi connectivity index (χ0) is 18.9. The number of carbonyl (C=O) groups excluding carboxylic acids is 3. The Morgan fingerprint density at radius 2 is 2.00 bits per heavy atom. The predicted octanol–water partition coefficient (Wildman–Crippen LogP) is 2.91. The Kier molecular flexibility index (Phi) is 5.37. The third-order valence-electron chi connectivity index (χ3n) is 5.55. The van der Waals surface area contributed by atoms with Crippen LogP contribution in [0, 0.1) is 5.92 Å². The lowest BCUT2D eigenvalue weighted by Crippen LogP contribution is -2.54. The van der Waals surface area contributed by atoms with Gasteiger partial charge in [0.25, 0.3) is 5.91 Å². The van der Waals surface area contributed by atoms with E-state index in [-0.39, 0.29) is 24.3 Å². The third-order valence-corrected chi connectivity index (χ3v) is 6.08. The predicted molar refractivity (Wildman–Crippen MR) is 101 cm³/mol. The average Bonchev–Trinajstić information content (AvgIpc) is 2.84. The van der Waals surface area contributed by atoms with Gasteiger partial charge in [0.15, 0.2) is 0 Å². The van der Waals surface area contributed by atoms with Crippen molar-refractivity contribution in [1.29, 1.82) is 0 Å². The highest BCUT2D eigenvalue weighted by atomic mass is 79.9. The van der Waals surface area contributed by atoms with Crippen LogP contribution in [0.15, 0.2) is 28.7 Å².